The average Bonchev–Trinajstić information content (AvgIpc) is 2.36. The number of anilines is 1. The van der Waals surface area contributed by atoms with E-state index in [1.807, 2.05) is 7.05 Å². The number of hydrogen-bond donors (Lipinski definition) is 1. The van der Waals surface area contributed by atoms with E-state index < -0.39 is 0 Å². The second-order valence-electron chi connectivity index (χ2n) is 7.16. The predicted molar refractivity (Wildman–Crippen MR) is 87.9 cm³/mol. The van der Waals surface area contributed by atoms with Crippen molar-refractivity contribution in [3.05, 3.63) is 23.4 Å². The normalized spacial score (nSPS) is 23.4. The van der Waals surface area contributed by atoms with E-state index in [1.165, 1.54) is 5.56 Å². The third-order valence-corrected chi connectivity index (χ3v) is 3.76. The summed E-state index contributed by atoms with van der Waals surface area (Å²) in [5.74, 6) is 1.08. The molecule has 2 heterocycles. The Kier molecular flexibility index (Phi) is 4.89. The summed E-state index contributed by atoms with van der Waals surface area (Å²) < 4.78 is 5.83. The summed E-state index contributed by atoms with van der Waals surface area (Å²) in [6.45, 7) is 13.6. The van der Waals surface area contributed by atoms with Crippen molar-refractivity contribution in [2.24, 2.45) is 0 Å². The van der Waals surface area contributed by atoms with E-state index >= 15 is 0 Å². The lowest BCUT2D eigenvalue weighted by atomic mass is 9.90. The van der Waals surface area contributed by atoms with Gasteiger partial charge in [0, 0.05) is 30.7 Å². The van der Waals surface area contributed by atoms with Crippen LogP contribution in [0.15, 0.2) is 12.1 Å². The third-order valence-electron chi connectivity index (χ3n) is 3.76. The molecule has 21 heavy (non-hydrogen) atoms. The highest BCUT2D eigenvalue weighted by Crippen LogP contribution is 2.26. The number of aromatic nitrogens is 1. The van der Waals surface area contributed by atoms with Crippen molar-refractivity contribution in [2.45, 2.75) is 58.8 Å². The summed E-state index contributed by atoms with van der Waals surface area (Å²) >= 11 is 0. The van der Waals surface area contributed by atoms with E-state index in [0.29, 0.717) is 0 Å². The van der Waals surface area contributed by atoms with Crippen LogP contribution in [0.3, 0.4) is 0 Å². The first kappa shape index (κ1) is 16.2. The first-order valence-electron chi connectivity index (χ1n) is 7.86. The Morgan fingerprint density at radius 1 is 1.24 bits per heavy atom. The molecular formula is C17H29N3O. The van der Waals surface area contributed by atoms with Gasteiger partial charge in [-0.15, -0.1) is 0 Å². The zero-order valence-electron chi connectivity index (χ0n) is 14.2. The van der Waals surface area contributed by atoms with Crippen LogP contribution in [0, 0.1) is 0 Å². The summed E-state index contributed by atoms with van der Waals surface area (Å²) in [6, 6.07) is 4.42. The van der Waals surface area contributed by atoms with Crippen LogP contribution in [0.1, 0.15) is 45.9 Å². The molecule has 2 rings (SSSR count). The van der Waals surface area contributed by atoms with E-state index in [9.17, 15) is 0 Å². The van der Waals surface area contributed by atoms with Crippen molar-refractivity contribution in [1.82, 2.24) is 10.3 Å². The predicted octanol–water partition coefficient (Wildman–Crippen LogP) is 2.71. The Morgan fingerprint density at radius 3 is 2.38 bits per heavy atom. The fourth-order valence-corrected chi connectivity index (χ4v) is 2.79. The summed E-state index contributed by atoms with van der Waals surface area (Å²) in [5.41, 5.74) is 2.50. The zero-order valence-corrected chi connectivity index (χ0v) is 14.2. The van der Waals surface area contributed by atoms with Gasteiger partial charge < -0.3 is 15.0 Å². The fourth-order valence-electron chi connectivity index (χ4n) is 2.79. The maximum absolute atomic E-state index is 5.83. The second kappa shape index (κ2) is 6.32. The van der Waals surface area contributed by atoms with Gasteiger partial charge in [-0.3, -0.25) is 0 Å². The largest absolute Gasteiger partial charge is 0.372 e. The molecule has 0 amide bonds. The molecule has 0 unspecified atom stereocenters. The van der Waals surface area contributed by atoms with E-state index in [1.54, 1.807) is 0 Å². The van der Waals surface area contributed by atoms with Crippen molar-refractivity contribution < 1.29 is 4.74 Å². The number of hydrogen-bond acceptors (Lipinski definition) is 4. The quantitative estimate of drug-likeness (QED) is 0.929. The van der Waals surface area contributed by atoms with Crippen molar-refractivity contribution in [3.63, 3.8) is 0 Å². The maximum Gasteiger partial charge on any atom is 0.129 e. The molecule has 0 aliphatic carbocycles. The first-order chi connectivity index (χ1) is 9.79. The molecule has 1 aliphatic heterocycles. The lowest BCUT2D eigenvalue weighted by molar-refractivity contribution is -0.00547. The molecule has 1 aliphatic rings. The Hall–Kier alpha value is -1.13. The van der Waals surface area contributed by atoms with Crippen molar-refractivity contribution in [3.8, 4) is 0 Å². The number of nitrogens with one attached hydrogen (secondary N) is 1. The fraction of sp³-hybridized carbons (Fsp3) is 0.706. The molecule has 0 radical (unpaired) electrons. The van der Waals surface area contributed by atoms with Gasteiger partial charge in [-0.25, -0.2) is 4.98 Å². The van der Waals surface area contributed by atoms with Gasteiger partial charge in [0.25, 0.3) is 0 Å². The minimum absolute atomic E-state index is 0.0576. The highest BCUT2D eigenvalue weighted by molar-refractivity contribution is 5.44. The zero-order chi connectivity index (χ0) is 15.6. The Balaban J connectivity index is 2.35. The molecule has 0 saturated carbocycles. The molecule has 1 fully saturated rings. The van der Waals surface area contributed by atoms with Crippen LogP contribution in [-0.4, -0.2) is 37.3 Å². The SMILES string of the molecule is CNCc1cc(N2C[C@@H](C)O[C@@H](C)C2)nc(C(C)(C)C)c1. The molecule has 4 nitrogen and oxygen atoms in total. The summed E-state index contributed by atoms with van der Waals surface area (Å²) in [5, 5.41) is 3.24. The molecule has 0 spiro atoms. The van der Waals surface area contributed by atoms with Gasteiger partial charge >= 0.3 is 0 Å². The standard InChI is InChI=1S/C17H29N3O/c1-12-10-20(11-13(2)21-12)16-8-14(9-18-6)7-15(19-16)17(3,4)5/h7-8,12-13,18H,9-11H2,1-6H3/t12-,13+. The number of rotatable bonds is 3. The van der Waals surface area contributed by atoms with Crippen LogP contribution in [0.2, 0.25) is 0 Å². The molecule has 1 N–H and O–H groups in total. The lowest BCUT2D eigenvalue weighted by Gasteiger charge is -2.36. The monoisotopic (exact) mass is 291 g/mol. The highest BCUT2D eigenvalue weighted by Gasteiger charge is 2.25. The number of ether oxygens (including phenoxy) is 1. The summed E-state index contributed by atoms with van der Waals surface area (Å²) in [4.78, 5) is 7.28. The van der Waals surface area contributed by atoms with E-state index in [0.717, 1.165) is 31.1 Å². The van der Waals surface area contributed by atoms with Crippen LogP contribution in [0.4, 0.5) is 5.82 Å². The minimum atomic E-state index is 0.0576. The molecular weight excluding hydrogens is 262 g/mol. The Bertz CT molecular complexity index is 471. The van der Waals surface area contributed by atoms with Crippen LogP contribution in [-0.2, 0) is 16.7 Å². The van der Waals surface area contributed by atoms with E-state index in [-0.39, 0.29) is 17.6 Å². The molecule has 2 atom stereocenters. The first-order valence-corrected chi connectivity index (χ1v) is 7.86. The van der Waals surface area contributed by atoms with E-state index in [2.05, 4.69) is 57.0 Å². The maximum atomic E-state index is 5.83. The smallest absolute Gasteiger partial charge is 0.129 e. The van der Waals surface area contributed by atoms with Gasteiger partial charge in [0.05, 0.1) is 12.2 Å². The van der Waals surface area contributed by atoms with Crippen molar-refractivity contribution in [1.29, 1.82) is 0 Å². The van der Waals surface area contributed by atoms with Crippen molar-refractivity contribution >= 4 is 5.82 Å². The molecule has 118 valence electrons. The Labute approximate surface area is 128 Å². The van der Waals surface area contributed by atoms with E-state index in [4.69, 9.17) is 9.72 Å². The number of pyridine rings is 1. The van der Waals surface area contributed by atoms with Crippen LogP contribution < -0.4 is 10.2 Å². The molecule has 0 aromatic carbocycles. The van der Waals surface area contributed by atoms with Gasteiger partial charge in [0.2, 0.25) is 0 Å². The summed E-state index contributed by atoms with van der Waals surface area (Å²) in [7, 11) is 1.98. The van der Waals surface area contributed by atoms with Gasteiger partial charge in [-0.05, 0) is 38.6 Å². The van der Waals surface area contributed by atoms with Gasteiger partial charge in [0.1, 0.15) is 5.82 Å². The molecule has 4 heteroatoms. The van der Waals surface area contributed by atoms with Crippen LogP contribution >= 0.6 is 0 Å². The van der Waals surface area contributed by atoms with Crippen LogP contribution in [0.25, 0.3) is 0 Å². The molecule has 1 saturated heterocycles. The Morgan fingerprint density at radius 2 is 1.86 bits per heavy atom. The molecule has 0 bridgehead atoms. The minimum Gasteiger partial charge on any atom is -0.372 e. The van der Waals surface area contributed by atoms with Crippen molar-refractivity contribution in [2.75, 3.05) is 25.0 Å². The summed E-state index contributed by atoms with van der Waals surface area (Å²) in [6.07, 6.45) is 0.503. The lowest BCUT2D eigenvalue weighted by Crippen LogP contribution is -2.46. The average molecular weight is 291 g/mol. The topological polar surface area (TPSA) is 37.4 Å². The van der Waals surface area contributed by atoms with Gasteiger partial charge in [-0.2, -0.15) is 0 Å². The van der Waals surface area contributed by atoms with Gasteiger partial charge in [0.15, 0.2) is 0 Å². The number of nitrogens with zero attached hydrogens (tertiary/aromatic N) is 2. The molecule has 1 aromatic rings. The number of morpholine rings is 1. The highest BCUT2D eigenvalue weighted by atomic mass is 16.5. The van der Waals surface area contributed by atoms with Gasteiger partial charge in [-0.1, -0.05) is 20.8 Å². The second-order valence-corrected chi connectivity index (χ2v) is 7.16. The molecule has 1 aromatic heterocycles. The van der Waals surface area contributed by atoms with Crippen LogP contribution in [0.5, 0.6) is 0 Å². The third kappa shape index (κ3) is 4.17.